The van der Waals surface area contributed by atoms with Crippen LogP contribution in [0, 0.1) is 5.92 Å². The normalized spacial score (nSPS) is 11.3. The topological polar surface area (TPSA) is 28.2 Å². The van der Waals surface area contributed by atoms with E-state index in [9.17, 15) is 0 Å². The van der Waals surface area contributed by atoms with E-state index in [0.717, 1.165) is 32.0 Å². The first-order chi connectivity index (χ1) is 10.2. The summed E-state index contributed by atoms with van der Waals surface area (Å²) in [4.78, 5) is 7.15. The van der Waals surface area contributed by atoms with Gasteiger partial charge in [-0.05, 0) is 30.3 Å². The van der Waals surface area contributed by atoms with Crippen LogP contribution in [0.1, 0.15) is 33.3 Å². The van der Waals surface area contributed by atoms with Crippen molar-refractivity contribution in [2.45, 2.75) is 34.2 Å². The van der Waals surface area contributed by atoms with Gasteiger partial charge in [0.1, 0.15) is 5.82 Å². The minimum Gasteiger partial charge on any atom is -0.356 e. The molecule has 2 aromatic rings. The predicted molar refractivity (Wildman–Crippen MR) is 91.8 cm³/mol. The summed E-state index contributed by atoms with van der Waals surface area (Å²) in [5.41, 5.74) is 1.27. The fraction of sp³-hybridized carbons (Fsp3) is 0.500. The van der Waals surface area contributed by atoms with Crippen molar-refractivity contribution < 1.29 is 0 Å². The van der Waals surface area contributed by atoms with Crippen molar-refractivity contribution in [2.75, 3.05) is 24.5 Å². The van der Waals surface area contributed by atoms with Crippen molar-refractivity contribution in [1.82, 2.24) is 10.3 Å². The van der Waals surface area contributed by atoms with E-state index in [2.05, 4.69) is 62.2 Å². The maximum Gasteiger partial charge on any atom is 0.136 e. The summed E-state index contributed by atoms with van der Waals surface area (Å²) in [5, 5.41) is 5.97. The lowest BCUT2D eigenvalue weighted by Crippen LogP contribution is -2.28. The van der Waals surface area contributed by atoms with Crippen molar-refractivity contribution in [3.63, 3.8) is 0 Å². The number of hydrogen-bond acceptors (Lipinski definition) is 3. The van der Waals surface area contributed by atoms with Crippen LogP contribution < -0.4 is 10.2 Å². The molecular weight excluding hydrogens is 258 g/mol. The van der Waals surface area contributed by atoms with Crippen molar-refractivity contribution >= 4 is 16.6 Å². The minimum atomic E-state index is 0.631. The van der Waals surface area contributed by atoms with E-state index in [1.54, 1.807) is 0 Å². The number of aromatic nitrogens is 1. The summed E-state index contributed by atoms with van der Waals surface area (Å²) in [6, 6.07) is 8.61. The molecule has 3 heteroatoms. The zero-order valence-electron chi connectivity index (χ0n) is 13.7. The van der Waals surface area contributed by atoms with Gasteiger partial charge in [-0.1, -0.05) is 45.0 Å². The van der Waals surface area contributed by atoms with Gasteiger partial charge < -0.3 is 10.2 Å². The third-order valence-corrected chi connectivity index (χ3v) is 3.69. The molecule has 0 fully saturated rings. The van der Waals surface area contributed by atoms with Crippen LogP contribution in [-0.2, 0) is 6.54 Å². The van der Waals surface area contributed by atoms with Gasteiger partial charge in [0.25, 0.3) is 0 Å². The highest BCUT2D eigenvalue weighted by molar-refractivity contribution is 5.94. The molecule has 2 rings (SSSR count). The molecule has 1 aromatic carbocycles. The number of fused-ring (bicyclic) bond motifs is 1. The number of rotatable bonds is 7. The average Bonchev–Trinajstić information content (AvgIpc) is 2.50. The summed E-state index contributed by atoms with van der Waals surface area (Å²) < 4.78 is 0. The average molecular weight is 285 g/mol. The van der Waals surface area contributed by atoms with Gasteiger partial charge in [-0.25, -0.2) is 4.98 Å². The van der Waals surface area contributed by atoms with Crippen LogP contribution in [0.25, 0.3) is 10.8 Å². The first-order valence-corrected chi connectivity index (χ1v) is 7.99. The molecule has 0 atom stereocenters. The first-order valence-electron chi connectivity index (χ1n) is 7.99. The Hall–Kier alpha value is -1.61. The Morgan fingerprint density at radius 1 is 1.14 bits per heavy atom. The quantitative estimate of drug-likeness (QED) is 0.838. The predicted octanol–water partition coefficient (Wildman–Crippen LogP) is 3.83. The van der Waals surface area contributed by atoms with Gasteiger partial charge in [0.05, 0.1) is 0 Å². The smallest absolute Gasteiger partial charge is 0.136 e. The second-order valence-electron chi connectivity index (χ2n) is 5.87. The summed E-state index contributed by atoms with van der Waals surface area (Å²) in [6.07, 6.45) is 2.03. The second-order valence-corrected chi connectivity index (χ2v) is 5.87. The van der Waals surface area contributed by atoms with Crippen LogP contribution in [-0.4, -0.2) is 24.6 Å². The van der Waals surface area contributed by atoms with Crippen LogP contribution in [0.2, 0.25) is 0 Å². The lowest BCUT2D eigenvalue weighted by Gasteiger charge is -2.26. The maximum atomic E-state index is 4.77. The summed E-state index contributed by atoms with van der Waals surface area (Å²) >= 11 is 0. The lowest BCUT2D eigenvalue weighted by molar-refractivity contribution is 0.615. The fourth-order valence-electron chi connectivity index (χ4n) is 2.69. The zero-order chi connectivity index (χ0) is 15.2. The van der Waals surface area contributed by atoms with Gasteiger partial charge in [0, 0.05) is 31.2 Å². The van der Waals surface area contributed by atoms with Gasteiger partial charge in [0.2, 0.25) is 0 Å². The molecule has 0 amide bonds. The summed E-state index contributed by atoms with van der Waals surface area (Å²) in [5.74, 6) is 1.74. The third-order valence-electron chi connectivity index (χ3n) is 3.69. The SMILES string of the molecule is CCNCc1cnc(N(CC)CC(C)C)c2ccccc12. The Kier molecular flexibility index (Phi) is 5.57. The van der Waals surface area contributed by atoms with E-state index >= 15 is 0 Å². The van der Waals surface area contributed by atoms with Gasteiger partial charge in [0.15, 0.2) is 0 Å². The molecule has 0 radical (unpaired) electrons. The van der Waals surface area contributed by atoms with Crippen LogP contribution in [0.3, 0.4) is 0 Å². The van der Waals surface area contributed by atoms with Gasteiger partial charge >= 0.3 is 0 Å². The van der Waals surface area contributed by atoms with E-state index in [1.165, 1.54) is 16.3 Å². The Bertz CT molecular complexity index is 578. The third kappa shape index (κ3) is 3.73. The molecule has 0 aliphatic rings. The number of benzene rings is 1. The highest BCUT2D eigenvalue weighted by atomic mass is 15.2. The maximum absolute atomic E-state index is 4.77. The Labute approximate surface area is 128 Å². The van der Waals surface area contributed by atoms with Crippen LogP contribution >= 0.6 is 0 Å². The number of nitrogens with one attached hydrogen (secondary N) is 1. The van der Waals surface area contributed by atoms with Crippen LogP contribution in [0.5, 0.6) is 0 Å². The standard InChI is InChI=1S/C18H27N3/c1-5-19-11-15-12-20-18(21(6-2)13-14(3)4)17-10-8-7-9-16(15)17/h7-10,12,14,19H,5-6,11,13H2,1-4H3. The Morgan fingerprint density at radius 3 is 2.48 bits per heavy atom. The molecular formula is C18H27N3. The van der Waals surface area contributed by atoms with Crippen LogP contribution in [0.4, 0.5) is 5.82 Å². The monoisotopic (exact) mass is 285 g/mol. The van der Waals surface area contributed by atoms with E-state index in [0.29, 0.717) is 5.92 Å². The van der Waals surface area contributed by atoms with Crippen LogP contribution in [0.15, 0.2) is 30.5 Å². The lowest BCUT2D eigenvalue weighted by atomic mass is 10.1. The van der Waals surface area contributed by atoms with Crippen molar-refractivity contribution in [1.29, 1.82) is 0 Å². The molecule has 0 bridgehead atoms. The van der Waals surface area contributed by atoms with Gasteiger partial charge in [-0.15, -0.1) is 0 Å². The second kappa shape index (κ2) is 7.41. The van der Waals surface area contributed by atoms with E-state index in [4.69, 9.17) is 4.98 Å². The molecule has 0 spiro atoms. The van der Waals surface area contributed by atoms with E-state index < -0.39 is 0 Å². The number of pyridine rings is 1. The van der Waals surface area contributed by atoms with Crippen molar-refractivity contribution in [2.24, 2.45) is 5.92 Å². The number of nitrogens with zero attached hydrogens (tertiary/aromatic N) is 2. The minimum absolute atomic E-state index is 0.631. The van der Waals surface area contributed by atoms with E-state index in [1.807, 2.05) is 6.20 Å². The highest BCUT2D eigenvalue weighted by Gasteiger charge is 2.13. The molecule has 114 valence electrons. The molecule has 21 heavy (non-hydrogen) atoms. The zero-order valence-corrected chi connectivity index (χ0v) is 13.7. The molecule has 0 saturated carbocycles. The van der Waals surface area contributed by atoms with Gasteiger partial charge in [-0.3, -0.25) is 0 Å². The molecule has 1 heterocycles. The Morgan fingerprint density at radius 2 is 1.86 bits per heavy atom. The van der Waals surface area contributed by atoms with Crippen molar-refractivity contribution in [3.8, 4) is 0 Å². The Balaban J connectivity index is 2.45. The largest absolute Gasteiger partial charge is 0.356 e. The molecule has 0 aliphatic carbocycles. The van der Waals surface area contributed by atoms with Crippen molar-refractivity contribution in [3.05, 3.63) is 36.0 Å². The molecule has 0 aliphatic heterocycles. The van der Waals surface area contributed by atoms with E-state index in [-0.39, 0.29) is 0 Å². The summed E-state index contributed by atoms with van der Waals surface area (Å²) in [6.45, 7) is 12.7. The van der Waals surface area contributed by atoms with Gasteiger partial charge in [-0.2, -0.15) is 0 Å². The molecule has 1 N–H and O–H groups in total. The molecule has 0 unspecified atom stereocenters. The summed E-state index contributed by atoms with van der Waals surface area (Å²) in [7, 11) is 0. The molecule has 3 nitrogen and oxygen atoms in total. The number of anilines is 1. The number of hydrogen-bond donors (Lipinski definition) is 1. The first kappa shape index (κ1) is 15.8. The highest BCUT2D eigenvalue weighted by Crippen LogP contribution is 2.27. The molecule has 1 aromatic heterocycles. The fourth-order valence-corrected chi connectivity index (χ4v) is 2.69. The molecule has 0 saturated heterocycles.